The first-order valence-electron chi connectivity index (χ1n) is 9.85. The summed E-state index contributed by atoms with van der Waals surface area (Å²) in [5, 5.41) is 0.982. The Hall–Kier alpha value is -1.83. The van der Waals surface area contributed by atoms with Crippen LogP contribution in [-0.4, -0.2) is 42.3 Å². The van der Waals surface area contributed by atoms with E-state index in [1.807, 2.05) is 47.4 Å². The normalized spacial score (nSPS) is 23.9. The van der Waals surface area contributed by atoms with Gasteiger partial charge in [0.2, 0.25) is 0 Å². The van der Waals surface area contributed by atoms with Crippen LogP contribution >= 0.6 is 23.4 Å². The number of aliphatic imine (C=N–C) groups is 1. The van der Waals surface area contributed by atoms with Crippen LogP contribution in [-0.2, 0) is 21.1 Å². The first-order valence-corrected chi connectivity index (χ1v) is 12.9. The minimum absolute atomic E-state index is 0.0777. The molecule has 0 radical (unpaired) electrons. The summed E-state index contributed by atoms with van der Waals surface area (Å²) in [4.78, 5) is 19.0. The highest BCUT2D eigenvalue weighted by atomic mass is 35.5. The highest BCUT2D eigenvalue weighted by Gasteiger charge is 2.49. The van der Waals surface area contributed by atoms with Crippen molar-refractivity contribution in [3.05, 3.63) is 64.7 Å². The third-order valence-electron chi connectivity index (χ3n) is 5.42. The molecule has 0 saturated carbocycles. The summed E-state index contributed by atoms with van der Waals surface area (Å²) in [6.45, 7) is 4.25. The molecule has 2 saturated heterocycles. The van der Waals surface area contributed by atoms with Crippen molar-refractivity contribution in [1.82, 2.24) is 0 Å². The van der Waals surface area contributed by atoms with Crippen molar-refractivity contribution >= 4 is 50.0 Å². The predicted molar refractivity (Wildman–Crippen MR) is 124 cm³/mol. The van der Waals surface area contributed by atoms with Gasteiger partial charge in [0.1, 0.15) is 0 Å². The summed E-state index contributed by atoms with van der Waals surface area (Å²) in [6, 6.07) is 15.1. The Bertz CT molecular complexity index is 1100. The lowest BCUT2D eigenvalue weighted by Crippen LogP contribution is -2.37. The fraction of sp³-hybridized carbons (Fsp3) is 0.364. The van der Waals surface area contributed by atoms with Gasteiger partial charge in [0.25, 0.3) is 5.91 Å². The van der Waals surface area contributed by atoms with Crippen molar-refractivity contribution < 1.29 is 13.2 Å². The standard InChI is InChI=1S/C22H23ClN2O3S2/c1-14(2)15-7-9-17(10-8-15)25-19-12-30(27,28)13-20(19)29-22(25)24-21(26)11-16-5-3-4-6-18(16)23/h3-10,14,19-20H,11-13H2,1-2H3/t19-,20-/m1/s1. The van der Waals surface area contributed by atoms with Gasteiger partial charge < -0.3 is 4.90 Å². The van der Waals surface area contributed by atoms with E-state index in [1.165, 1.54) is 17.3 Å². The molecule has 1 amide bonds. The van der Waals surface area contributed by atoms with Gasteiger partial charge in [-0.2, -0.15) is 4.99 Å². The fourth-order valence-corrected chi connectivity index (χ4v) is 7.97. The second-order valence-corrected chi connectivity index (χ2v) is 11.7. The Labute approximate surface area is 186 Å². The zero-order valence-corrected chi connectivity index (χ0v) is 19.2. The molecule has 4 rings (SSSR count). The van der Waals surface area contributed by atoms with Gasteiger partial charge in [-0.25, -0.2) is 8.42 Å². The molecule has 5 nitrogen and oxygen atoms in total. The van der Waals surface area contributed by atoms with Crippen LogP contribution in [0.15, 0.2) is 53.5 Å². The van der Waals surface area contributed by atoms with Crippen molar-refractivity contribution in [2.45, 2.75) is 37.5 Å². The molecule has 2 aromatic rings. The number of carbonyl (C=O) groups excluding carboxylic acids is 1. The smallest absolute Gasteiger partial charge is 0.252 e. The third kappa shape index (κ3) is 4.43. The van der Waals surface area contributed by atoms with Crippen molar-refractivity contribution in [1.29, 1.82) is 0 Å². The van der Waals surface area contributed by atoms with E-state index in [0.29, 0.717) is 16.1 Å². The number of benzene rings is 2. The summed E-state index contributed by atoms with van der Waals surface area (Å²) in [5.41, 5.74) is 2.79. The Balaban J connectivity index is 1.64. The van der Waals surface area contributed by atoms with Crippen LogP contribution in [0, 0.1) is 0 Å². The molecule has 2 atom stereocenters. The Kier molecular flexibility index (Phi) is 5.97. The summed E-state index contributed by atoms with van der Waals surface area (Å²) in [6.07, 6.45) is 0.109. The van der Waals surface area contributed by atoms with Crippen molar-refractivity contribution in [2.24, 2.45) is 4.99 Å². The summed E-state index contributed by atoms with van der Waals surface area (Å²) < 4.78 is 24.4. The molecule has 0 unspecified atom stereocenters. The number of hydrogen-bond acceptors (Lipinski definition) is 4. The molecule has 2 fully saturated rings. The van der Waals surface area contributed by atoms with Gasteiger partial charge in [0, 0.05) is 16.0 Å². The lowest BCUT2D eigenvalue weighted by atomic mass is 10.0. The molecule has 2 aliphatic rings. The van der Waals surface area contributed by atoms with Crippen LogP contribution < -0.4 is 4.90 Å². The van der Waals surface area contributed by atoms with Gasteiger partial charge in [-0.05, 0) is 35.2 Å². The highest BCUT2D eigenvalue weighted by molar-refractivity contribution is 8.16. The first kappa shape index (κ1) is 21.4. The Morgan fingerprint density at radius 2 is 1.87 bits per heavy atom. The second kappa shape index (κ2) is 8.36. The fourth-order valence-electron chi connectivity index (χ4n) is 3.84. The summed E-state index contributed by atoms with van der Waals surface area (Å²) >= 11 is 7.56. The van der Waals surface area contributed by atoms with E-state index in [1.54, 1.807) is 6.07 Å². The van der Waals surface area contributed by atoms with Crippen LogP contribution in [0.3, 0.4) is 0 Å². The predicted octanol–water partition coefficient (Wildman–Crippen LogP) is 4.31. The second-order valence-electron chi connectivity index (χ2n) is 7.97. The number of nitrogens with zero attached hydrogens (tertiary/aromatic N) is 2. The van der Waals surface area contributed by atoms with Crippen molar-refractivity contribution in [3.63, 3.8) is 0 Å². The quantitative estimate of drug-likeness (QED) is 0.677. The van der Waals surface area contributed by atoms with Crippen LogP contribution in [0.2, 0.25) is 5.02 Å². The maximum atomic E-state index is 12.7. The molecule has 2 aliphatic heterocycles. The zero-order chi connectivity index (χ0) is 21.5. The van der Waals surface area contributed by atoms with Crippen LogP contribution in [0.1, 0.15) is 30.9 Å². The molecular formula is C22H23ClN2O3S2. The van der Waals surface area contributed by atoms with E-state index in [4.69, 9.17) is 11.6 Å². The number of carbonyl (C=O) groups is 1. The average molecular weight is 463 g/mol. The molecule has 8 heteroatoms. The van der Waals surface area contributed by atoms with E-state index in [2.05, 4.69) is 18.8 Å². The van der Waals surface area contributed by atoms with Gasteiger partial charge in [0.05, 0.1) is 24.0 Å². The molecule has 158 valence electrons. The lowest BCUT2D eigenvalue weighted by molar-refractivity contribution is -0.117. The number of rotatable bonds is 4. The number of amidine groups is 1. The number of anilines is 1. The lowest BCUT2D eigenvalue weighted by Gasteiger charge is -2.25. The number of fused-ring (bicyclic) bond motifs is 1. The molecule has 0 aliphatic carbocycles. The molecule has 0 bridgehead atoms. The van der Waals surface area contributed by atoms with E-state index in [9.17, 15) is 13.2 Å². The van der Waals surface area contributed by atoms with Crippen molar-refractivity contribution in [2.75, 3.05) is 16.4 Å². The Morgan fingerprint density at radius 3 is 2.53 bits per heavy atom. The van der Waals surface area contributed by atoms with E-state index in [-0.39, 0.29) is 35.1 Å². The minimum atomic E-state index is -3.09. The highest BCUT2D eigenvalue weighted by Crippen LogP contribution is 2.41. The average Bonchev–Trinajstić information content (AvgIpc) is 3.14. The maximum absolute atomic E-state index is 12.7. The van der Waals surface area contributed by atoms with Gasteiger partial charge >= 0.3 is 0 Å². The van der Waals surface area contributed by atoms with Gasteiger partial charge in [-0.15, -0.1) is 0 Å². The van der Waals surface area contributed by atoms with Gasteiger partial charge in [-0.3, -0.25) is 4.79 Å². The maximum Gasteiger partial charge on any atom is 0.252 e. The van der Waals surface area contributed by atoms with Crippen molar-refractivity contribution in [3.8, 4) is 0 Å². The van der Waals surface area contributed by atoms with E-state index in [0.717, 1.165) is 11.3 Å². The SMILES string of the molecule is CC(C)c1ccc(N2C(=NC(=O)Cc3ccccc3Cl)S[C@@H]3CS(=O)(=O)C[C@H]32)cc1. The molecule has 2 aromatic carbocycles. The molecule has 30 heavy (non-hydrogen) atoms. The largest absolute Gasteiger partial charge is 0.316 e. The monoisotopic (exact) mass is 462 g/mol. The van der Waals surface area contributed by atoms with Gasteiger partial charge in [-0.1, -0.05) is 67.5 Å². The van der Waals surface area contributed by atoms with E-state index < -0.39 is 9.84 Å². The Morgan fingerprint density at radius 1 is 1.17 bits per heavy atom. The zero-order valence-electron chi connectivity index (χ0n) is 16.8. The first-order chi connectivity index (χ1) is 14.2. The van der Waals surface area contributed by atoms with Crippen LogP contribution in [0.25, 0.3) is 0 Å². The third-order valence-corrected chi connectivity index (χ3v) is 9.00. The summed E-state index contributed by atoms with van der Waals surface area (Å²) in [7, 11) is -3.09. The number of hydrogen-bond donors (Lipinski definition) is 0. The number of thioether (sulfide) groups is 1. The number of sulfone groups is 1. The molecule has 0 aromatic heterocycles. The van der Waals surface area contributed by atoms with Crippen LogP contribution in [0.5, 0.6) is 0 Å². The molecular weight excluding hydrogens is 440 g/mol. The topological polar surface area (TPSA) is 66.8 Å². The minimum Gasteiger partial charge on any atom is -0.316 e. The molecule has 0 N–H and O–H groups in total. The van der Waals surface area contributed by atoms with Crippen LogP contribution in [0.4, 0.5) is 5.69 Å². The molecule has 2 heterocycles. The van der Waals surface area contributed by atoms with E-state index >= 15 is 0 Å². The number of halogens is 1. The summed E-state index contributed by atoms with van der Waals surface area (Å²) in [5.74, 6) is 0.295. The number of amides is 1. The molecule has 0 spiro atoms. The van der Waals surface area contributed by atoms with Gasteiger partial charge in [0.15, 0.2) is 15.0 Å².